The van der Waals surface area contributed by atoms with Crippen molar-refractivity contribution in [3.8, 4) is 5.69 Å². The number of nitrogens with two attached hydrogens (primary N) is 1. The van der Waals surface area contributed by atoms with Gasteiger partial charge in [0, 0.05) is 6.54 Å². The standard InChI is InChI=1S/C15H17N5O2/c1-3-19-11-13(17-12(19)9(2)16)20(15(22)18-14(11)21)10-7-5-4-6-8-10/h4-9H,3,16H2,1-2H3,(H,18,21,22). The Morgan fingerprint density at radius 2 is 1.95 bits per heavy atom. The van der Waals surface area contributed by atoms with Crippen LogP contribution in [0, 0.1) is 0 Å². The molecule has 7 heteroatoms. The molecule has 3 rings (SSSR count). The average molecular weight is 299 g/mol. The Kier molecular flexibility index (Phi) is 3.42. The molecule has 1 atom stereocenters. The molecule has 7 nitrogen and oxygen atoms in total. The molecule has 114 valence electrons. The lowest BCUT2D eigenvalue weighted by atomic mass is 10.3. The van der Waals surface area contributed by atoms with E-state index >= 15 is 0 Å². The molecule has 3 N–H and O–H groups in total. The number of nitrogens with one attached hydrogen (secondary N) is 1. The van der Waals surface area contributed by atoms with Crippen LogP contribution in [-0.4, -0.2) is 19.1 Å². The van der Waals surface area contributed by atoms with Crippen LogP contribution in [0.1, 0.15) is 25.7 Å². The minimum atomic E-state index is -0.513. The molecule has 2 aromatic heterocycles. The van der Waals surface area contributed by atoms with Crippen molar-refractivity contribution in [3.05, 3.63) is 57.0 Å². The van der Waals surface area contributed by atoms with Gasteiger partial charge < -0.3 is 10.3 Å². The summed E-state index contributed by atoms with van der Waals surface area (Å²) >= 11 is 0. The number of H-pyrrole nitrogens is 1. The van der Waals surface area contributed by atoms with Gasteiger partial charge >= 0.3 is 5.69 Å². The summed E-state index contributed by atoms with van der Waals surface area (Å²) in [6.07, 6.45) is 0. The fourth-order valence-corrected chi connectivity index (χ4v) is 2.63. The van der Waals surface area contributed by atoms with Gasteiger partial charge in [0.05, 0.1) is 11.7 Å². The second kappa shape index (κ2) is 5.27. The molecule has 0 radical (unpaired) electrons. The Morgan fingerprint density at radius 1 is 1.27 bits per heavy atom. The normalized spacial score (nSPS) is 12.7. The van der Waals surface area contributed by atoms with E-state index in [0.29, 0.717) is 29.2 Å². The van der Waals surface area contributed by atoms with Crippen LogP contribution >= 0.6 is 0 Å². The third-order valence-electron chi connectivity index (χ3n) is 3.57. The molecule has 0 bridgehead atoms. The molecule has 2 heterocycles. The minimum Gasteiger partial charge on any atom is -0.322 e. The first-order chi connectivity index (χ1) is 10.5. The van der Waals surface area contributed by atoms with Crippen LogP contribution in [-0.2, 0) is 6.54 Å². The number of fused-ring (bicyclic) bond motifs is 1. The monoisotopic (exact) mass is 299 g/mol. The predicted octanol–water partition coefficient (Wildman–Crippen LogP) is 0.915. The highest BCUT2D eigenvalue weighted by Gasteiger charge is 2.20. The van der Waals surface area contributed by atoms with Crippen molar-refractivity contribution < 1.29 is 0 Å². The number of para-hydroxylation sites is 1. The quantitative estimate of drug-likeness (QED) is 0.751. The second-order valence-corrected chi connectivity index (χ2v) is 5.11. The van der Waals surface area contributed by atoms with Crippen LogP contribution in [0.4, 0.5) is 0 Å². The Hall–Kier alpha value is -2.67. The highest BCUT2D eigenvalue weighted by atomic mass is 16.2. The summed E-state index contributed by atoms with van der Waals surface area (Å²) in [6.45, 7) is 4.25. The van der Waals surface area contributed by atoms with Crippen molar-refractivity contribution in [2.45, 2.75) is 26.4 Å². The van der Waals surface area contributed by atoms with Crippen molar-refractivity contribution >= 4 is 11.2 Å². The zero-order chi connectivity index (χ0) is 15.9. The van der Waals surface area contributed by atoms with Gasteiger partial charge in [-0.3, -0.25) is 9.78 Å². The van der Waals surface area contributed by atoms with E-state index in [1.165, 1.54) is 4.57 Å². The van der Waals surface area contributed by atoms with E-state index in [-0.39, 0.29) is 6.04 Å². The molecular formula is C15H17N5O2. The maximum absolute atomic E-state index is 12.3. The van der Waals surface area contributed by atoms with Crippen LogP contribution in [0.5, 0.6) is 0 Å². The lowest BCUT2D eigenvalue weighted by Crippen LogP contribution is -2.30. The molecule has 0 aliphatic carbocycles. The topological polar surface area (TPSA) is 98.7 Å². The Labute approximate surface area is 126 Å². The van der Waals surface area contributed by atoms with E-state index in [9.17, 15) is 9.59 Å². The van der Waals surface area contributed by atoms with Gasteiger partial charge in [-0.05, 0) is 26.0 Å². The summed E-state index contributed by atoms with van der Waals surface area (Å²) in [5.41, 5.74) is 6.32. The fraction of sp³-hybridized carbons (Fsp3) is 0.267. The lowest BCUT2D eigenvalue weighted by molar-refractivity contribution is 0.648. The largest absolute Gasteiger partial charge is 0.334 e. The van der Waals surface area contributed by atoms with Crippen molar-refractivity contribution in [1.29, 1.82) is 0 Å². The molecule has 0 aliphatic rings. The lowest BCUT2D eigenvalue weighted by Gasteiger charge is -2.08. The number of hydrogen-bond acceptors (Lipinski definition) is 4. The van der Waals surface area contributed by atoms with Crippen molar-refractivity contribution in [1.82, 2.24) is 19.1 Å². The van der Waals surface area contributed by atoms with Crippen molar-refractivity contribution in [2.24, 2.45) is 5.73 Å². The van der Waals surface area contributed by atoms with Crippen molar-refractivity contribution in [3.63, 3.8) is 0 Å². The number of aryl methyl sites for hydroxylation is 1. The van der Waals surface area contributed by atoms with Gasteiger partial charge in [0.2, 0.25) is 0 Å². The highest BCUT2D eigenvalue weighted by molar-refractivity contribution is 5.73. The number of aromatic nitrogens is 4. The molecule has 0 saturated heterocycles. The second-order valence-electron chi connectivity index (χ2n) is 5.11. The smallest absolute Gasteiger partial charge is 0.322 e. The van der Waals surface area contributed by atoms with Crippen LogP contribution in [0.15, 0.2) is 39.9 Å². The Balaban J connectivity index is 2.49. The van der Waals surface area contributed by atoms with E-state index in [1.807, 2.05) is 25.1 Å². The van der Waals surface area contributed by atoms with E-state index in [4.69, 9.17) is 5.73 Å². The molecule has 0 aliphatic heterocycles. The van der Waals surface area contributed by atoms with Crippen molar-refractivity contribution in [2.75, 3.05) is 0 Å². The van der Waals surface area contributed by atoms with Crippen LogP contribution in [0.2, 0.25) is 0 Å². The Bertz CT molecular complexity index is 934. The van der Waals surface area contributed by atoms with E-state index in [1.54, 1.807) is 23.6 Å². The first-order valence-electron chi connectivity index (χ1n) is 7.11. The molecule has 0 spiro atoms. The molecule has 0 fully saturated rings. The van der Waals surface area contributed by atoms with E-state index in [0.717, 1.165) is 0 Å². The van der Waals surface area contributed by atoms with Gasteiger partial charge in [-0.2, -0.15) is 0 Å². The zero-order valence-corrected chi connectivity index (χ0v) is 12.4. The van der Waals surface area contributed by atoms with Gasteiger partial charge in [0.1, 0.15) is 5.82 Å². The van der Waals surface area contributed by atoms with E-state index in [2.05, 4.69) is 9.97 Å². The number of nitrogens with zero attached hydrogens (tertiary/aromatic N) is 3. The predicted molar refractivity (Wildman–Crippen MR) is 84.2 cm³/mol. The van der Waals surface area contributed by atoms with E-state index < -0.39 is 11.2 Å². The zero-order valence-electron chi connectivity index (χ0n) is 12.4. The Morgan fingerprint density at radius 3 is 2.55 bits per heavy atom. The fourth-order valence-electron chi connectivity index (χ4n) is 2.63. The summed E-state index contributed by atoms with van der Waals surface area (Å²) in [5, 5.41) is 0. The first-order valence-corrected chi connectivity index (χ1v) is 7.11. The molecule has 0 saturated carbocycles. The SMILES string of the molecule is CCn1c(C(C)N)nc2c1c(=O)[nH]c(=O)n2-c1ccccc1. The third kappa shape index (κ3) is 2.06. The number of hydrogen-bond donors (Lipinski definition) is 2. The molecule has 3 aromatic rings. The number of benzene rings is 1. The third-order valence-corrected chi connectivity index (χ3v) is 3.57. The number of imidazole rings is 1. The van der Waals surface area contributed by atoms with Crippen LogP contribution < -0.4 is 17.0 Å². The summed E-state index contributed by atoms with van der Waals surface area (Å²) in [5.74, 6) is 0.582. The van der Waals surface area contributed by atoms with Gasteiger partial charge in [-0.25, -0.2) is 14.3 Å². The molecule has 0 amide bonds. The highest BCUT2D eigenvalue weighted by Crippen LogP contribution is 2.18. The van der Waals surface area contributed by atoms with Crippen LogP contribution in [0.3, 0.4) is 0 Å². The summed E-state index contributed by atoms with van der Waals surface area (Å²) in [7, 11) is 0. The van der Waals surface area contributed by atoms with Gasteiger partial charge in [-0.1, -0.05) is 18.2 Å². The first kappa shape index (κ1) is 14.3. The van der Waals surface area contributed by atoms with Gasteiger partial charge in [0.15, 0.2) is 11.2 Å². The average Bonchev–Trinajstić information content (AvgIpc) is 2.88. The summed E-state index contributed by atoms with van der Waals surface area (Å²) < 4.78 is 3.15. The van der Waals surface area contributed by atoms with Crippen LogP contribution in [0.25, 0.3) is 16.9 Å². The van der Waals surface area contributed by atoms with Gasteiger partial charge in [-0.15, -0.1) is 0 Å². The summed E-state index contributed by atoms with van der Waals surface area (Å²) in [6, 6.07) is 8.73. The minimum absolute atomic E-state index is 0.328. The summed E-state index contributed by atoms with van der Waals surface area (Å²) in [4.78, 5) is 31.3. The maximum atomic E-state index is 12.3. The molecular weight excluding hydrogens is 282 g/mol. The molecule has 1 aromatic carbocycles. The number of rotatable bonds is 3. The molecule has 22 heavy (non-hydrogen) atoms. The molecule has 1 unspecified atom stereocenters. The number of aromatic amines is 1. The maximum Gasteiger partial charge on any atom is 0.334 e. The van der Waals surface area contributed by atoms with Gasteiger partial charge in [0.25, 0.3) is 5.56 Å².